The summed E-state index contributed by atoms with van der Waals surface area (Å²) >= 11 is 1.92. The lowest BCUT2D eigenvalue weighted by atomic mass is 9.88. The molecule has 16 heavy (non-hydrogen) atoms. The van der Waals surface area contributed by atoms with Crippen LogP contribution in [0.25, 0.3) is 0 Å². The Morgan fingerprint density at radius 1 is 1.38 bits per heavy atom. The zero-order chi connectivity index (χ0) is 11.9. The van der Waals surface area contributed by atoms with E-state index < -0.39 is 0 Å². The minimum absolute atomic E-state index is 0.157. The molecule has 94 valence electrons. The van der Waals surface area contributed by atoms with Gasteiger partial charge in [0.1, 0.15) is 0 Å². The summed E-state index contributed by atoms with van der Waals surface area (Å²) in [5.74, 6) is 0.157. The van der Waals surface area contributed by atoms with Crippen molar-refractivity contribution in [3.63, 3.8) is 0 Å². The van der Waals surface area contributed by atoms with E-state index in [1.54, 1.807) is 0 Å². The van der Waals surface area contributed by atoms with E-state index in [2.05, 4.69) is 11.6 Å². The Morgan fingerprint density at radius 2 is 2.06 bits per heavy atom. The molecular formula is C12H24N2OS. The first-order chi connectivity index (χ1) is 7.72. The average molecular weight is 244 g/mol. The number of amides is 1. The molecule has 1 amide bonds. The van der Waals surface area contributed by atoms with Crippen molar-refractivity contribution in [2.24, 2.45) is 5.73 Å². The van der Waals surface area contributed by atoms with Gasteiger partial charge in [0, 0.05) is 17.7 Å². The van der Waals surface area contributed by atoms with Crippen molar-refractivity contribution in [1.29, 1.82) is 0 Å². The van der Waals surface area contributed by atoms with Crippen molar-refractivity contribution >= 4 is 17.7 Å². The summed E-state index contributed by atoms with van der Waals surface area (Å²) in [6.07, 6.45) is 9.97. The van der Waals surface area contributed by atoms with Gasteiger partial charge in [-0.1, -0.05) is 19.3 Å². The summed E-state index contributed by atoms with van der Waals surface area (Å²) in [7, 11) is 0. The Bertz CT molecular complexity index is 215. The lowest BCUT2D eigenvalue weighted by molar-refractivity contribution is -0.121. The number of hydrogen-bond donors (Lipinski definition) is 2. The van der Waals surface area contributed by atoms with Crippen molar-refractivity contribution in [1.82, 2.24) is 5.32 Å². The van der Waals surface area contributed by atoms with Crippen LogP contribution >= 0.6 is 11.8 Å². The van der Waals surface area contributed by atoms with E-state index >= 15 is 0 Å². The normalized spacial score (nSPS) is 19.4. The molecule has 0 bridgehead atoms. The Labute approximate surface area is 103 Å². The van der Waals surface area contributed by atoms with Crippen LogP contribution in [0.15, 0.2) is 0 Å². The molecule has 0 unspecified atom stereocenters. The van der Waals surface area contributed by atoms with Crippen molar-refractivity contribution in [2.45, 2.75) is 49.7 Å². The van der Waals surface area contributed by atoms with Gasteiger partial charge in [-0.2, -0.15) is 11.8 Å². The van der Waals surface area contributed by atoms with Crippen LogP contribution < -0.4 is 11.1 Å². The fraction of sp³-hybridized carbons (Fsp3) is 0.917. The van der Waals surface area contributed by atoms with Gasteiger partial charge in [0.25, 0.3) is 0 Å². The molecule has 0 aromatic rings. The molecule has 0 aromatic heterocycles. The topological polar surface area (TPSA) is 55.1 Å². The SMILES string of the molecule is CSC1(CNC(=O)CCCN)CCCCC1. The van der Waals surface area contributed by atoms with Gasteiger partial charge in [-0.25, -0.2) is 0 Å². The maximum Gasteiger partial charge on any atom is 0.220 e. The first-order valence-electron chi connectivity index (χ1n) is 6.24. The molecule has 1 saturated carbocycles. The average Bonchev–Trinajstić information content (AvgIpc) is 2.35. The highest BCUT2D eigenvalue weighted by Gasteiger charge is 2.31. The standard InChI is InChI=1S/C12H24N2OS/c1-16-12(7-3-2-4-8-12)10-14-11(15)6-5-9-13/h2-10,13H2,1H3,(H,14,15). The molecular weight excluding hydrogens is 220 g/mol. The predicted molar refractivity (Wildman–Crippen MR) is 70.6 cm³/mol. The Balaban J connectivity index is 2.30. The first kappa shape index (κ1) is 13.8. The summed E-state index contributed by atoms with van der Waals surface area (Å²) < 4.78 is 0.302. The molecule has 1 aliphatic rings. The highest BCUT2D eigenvalue weighted by molar-refractivity contribution is 8.00. The van der Waals surface area contributed by atoms with Gasteiger partial charge < -0.3 is 11.1 Å². The number of hydrogen-bond acceptors (Lipinski definition) is 3. The molecule has 0 atom stereocenters. The van der Waals surface area contributed by atoms with Crippen molar-refractivity contribution in [3.05, 3.63) is 0 Å². The molecule has 3 N–H and O–H groups in total. The Hall–Kier alpha value is -0.220. The van der Waals surface area contributed by atoms with Gasteiger partial charge in [0.05, 0.1) is 0 Å². The minimum atomic E-state index is 0.157. The molecule has 0 spiro atoms. The van der Waals surface area contributed by atoms with Gasteiger partial charge in [-0.15, -0.1) is 0 Å². The van der Waals surface area contributed by atoms with Gasteiger partial charge in [0.15, 0.2) is 0 Å². The zero-order valence-electron chi connectivity index (χ0n) is 10.3. The van der Waals surface area contributed by atoms with Crippen LogP contribution in [-0.4, -0.2) is 30.0 Å². The molecule has 0 saturated heterocycles. The molecule has 0 aromatic carbocycles. The number of carbonyl (C=O) groups is 1. The van der Waals surface area contributed by atoms with E-state index in [1.807, 2.05) is 11.8 Å². The van der Waals surface area contributed by atoms with Crippen LogP contribution in [0, 0.1) is 0 Å². The summed E-state index contributed by atoms with van der Waals surface area (Å²) in [5.41, 5.74) is 5.38. The molecule has 0 radical (unpaired) electrons. The summed E-state index contributed by atoms with van der Waals surface area (Å²) in [6.45, 7) is 1.43. The van der Waals surface area contributed by atoms with Gasteiger partial charge in [-0.05, 0) is 32.1 Å². The van der Waals surface area contributed by atoms with Crippen LogP contribution in [0.5, 0.6) is 0 Å². The highest BCUT2D eigenvalue weighted by atomic mass is 32.2. The van der Waals surface area contributed by atoms with Crippen LogP contribution in [0.3, 0.4) is 0 Å². The van der Waals surface area contributed by atoms with E-state index in [0.29, 0.717) is 17.7 Å². The van der Waals surface area contributed by atoms with E-state index in [4.69, 9.17) is 5.73 Å². The number of nitrogens with two attached hydrogens (primary N) is 1. The van der Waals surface area contributed by atoms with Gasteiger partial charge in [0.2, 0.25) is 5.91 Å². The third-order valence-corrected chi connectivity index (χ3v) is 4.83. The maximum absolute atomic E-state index is 11.5. The Morgan fingerprint density at radius 3 is 2.62 bits per heavy atom. The largest absolute Gasteiger partial charge is 0.355 e. The highest BCUT2D eigenvalue weighted by Crippen LogP contribution is 2.37. The quantitative estimate of drug-likeness (QED) is 0.750. The smallest absolute Gasteiger partial charge is 0.220 e. The van der Waals surface area contributed by atoms with Crippen LogP contribution in [-0.2, 0) is 4.79 Å². The minimum Gasteiger partial charge on any atom is -0.355 e. The third-order valence-electron chi connectivity index (χ3n) is 3.41. The van der Waals surface area contributed by atoms with Crippen molar-refractivity contribution in [3.8, 4) is 0 Å². The molecule has 1 rings (SSSR count). The first-order valence-corrected chi connectivity index (χ1v) is 7.47. The van der Waals surface area contributed by atoms with Gasteiger partial charge in [-0.3, -0.25) is 4.79 Å². The second kappa shape index (κ2) is 7.17. The maximum atomic E-state index is 11.5. The second-order valence-electron chi connectivity index (χ2n) is 4.62. The summed E-state index contributed by atoms with van der Waals surface area (Å²) in [5, 5.41) is 3.06. The molecule has 1 aliphatic carbocycles. The molecule has 0 heterocycles. The van der Waals surface area contributed by atoms with Crippen LogP contribution in [0.1, 0.15) is 44.9 Å². The van der Waals surface area contributed by atoms with E-state index in [-0.39, 0.29) is 5.91 Å². The van der Waals surface area contributed by atoms with Crippen molar-refractivity contribution in [2.75, 3.05) is 19.3 Å². The second-order valence-corrected chi connectivity index (χ2v) is 5.89. The zero-order valence-corrected chi connectivity index (χ0v) is 11.1. The summed E-state index contributed by atoms with van der Waals surface area (Å²) in [4.78, 5) is 11.5. The number of thioether (sulfide) groups is 1. The van der Waals surface area contributed by atoms with E-state index in [9.17, 15) is 4.79 Å². The summed E-state index contributed by atoms with van der Waals surface area (Å²) in [6, 6.07) is 0. The number of nitrogens with one attached hydrogen (secondary N) is 1. The monoisotopic (exact) mass is 244 g/mol. The number of carbonyl (C=O) groups excluding carboxylic acids is 1. The fourth-order valence-corrected chi connectivity index (χ4v) is 3.17. The molecule has 1 fully saturated rings. The Kier molecular flexibility index (Phi) is 6.21. The molecule has 0 aliphatic heterocycles. The van der Waals surface area contributed by atoms with Crippen LogP contribution in [0.4, 0.5) is 0 Å². The molecule has 4 heteroatoms. The number of rotatable bonds is 6. The van der Waals surface area contributed by atoms with Crippen molar-refractivity contribution < 1.29 is 4.79 Å². The van der Waals surface area contributed by atoms with E-state index in [0.717, 1.165) is 13.0 Å². The third kappa shape index (κ3) is 4.34. The predicted octanol–water partition coefficient (Wildman–Crippen LogP) is 1.91. The van der Waals surface area contributed by atoms with E-state index in [1.165, 1.54) is 32.1 Å². The lowest BCUT2D eigenvalue weighted by Gasteiger charge is -2.35. The van der Waals surface area contributed by atoms with Gasteiger partial charge >= 0.3 is 0 Å². The lowest BCUT2D eigenvalue weighted by Crippen LogP contribution is -2.41. The fourth-order valence-electron chi connectivity index (χ4n) is 2.26. The molecule has 3 nitrogen and oxygen atoms in total. The van der Waals surface area contributed by atoms with Crippen LogP contribution in [0.2, 0.25) is 0 Å².